The lowest BCUT2D eigenvalue weighted by Gasteiger charge is -2.14. The molecule has 1 aliphatic heterocycles. The molecule has 4 nitrogen and oxygen atoms in total. The highest BCUT2D eigenvalue weighted by atomic mass is 16.2. The highest BCUT2D eigenvalue weighted by molar-refractivity contribution is 5.78. The van der Waals surface area contributed by atoms with Gasteiger partial charge in [0.1, 0.15) is 0 Å². The summed E-state index contributed by atoms with van der Waals surface area (Å²) in [6.45, 7) is 5.12. The number of amides is 1. The Bertz CT molecular complexity index is 411. The quantitative estimate of drug-likeness (QED) is 0.762. The number of nitrogens with two attached hydrogens (primary N) is 1. The molecule has 0 aromatic heterocycles. The van der Waals surface area contributed by atoms with Gasteiger partial charge in [-0.2, -0.15) is 0 Å². The minimum atomic E-state index is 0.111. The Labute approximate surface area is 121 Å². The SMILES string of the molecule is CC1CN(CC(=O)NCCCc2ccccc2)CC1N. The zero-order valence-corrected chi connectivity index (χ0v) is 12.2. The van der Waals surface area contributed by atoms with Crippen LogP contribution in [0.25, 0.3) is 0 Å². The predicted molar refractivity (Wildman–Crippen MR) is 81.4 cm³/mol. The molecule has 1 fully saturated rings. The third kappa shape index (κ3) is 4.62. The Morgan fingerprint density at radius 2 is 2.10 bits per heavy atom. The number of hydrogen-bond donors (Lipinski definition) is 2. The second-order valence-corrected chi connectivity index (χ2v) is 5.77. The number of hydrogen-bond acceptors (Lipinski definition) is 3. The summed E-state index contributed by atoms with van der Waals surface area (Å²) in [5, 5.41) is 2.99. The van der Waals surface area contributed by atoms with Gasteiger partial charge in [-0.3, -0.25) is 9.69 Å². The fraction of sp³-hybridized carbons (Fsp3) is 0.562. The molecular weight excluding hydrogens is 250 g/mol. The van der Waals surface area contributed by atoms with E-state index in [-0.39, 0.29) is 11.9 Å². The van der Waals surface area contributed by atoms with Crippen molar-refractivity contribution in [3.63, 3.8) is 0 Å². The van der Waals surface area contributed by atoms with Gasteiger partial charge in [0.2, 0.25) is 5.91 Å². The van der Waals surface area contributed by atoms with E-state index in [1.807, 2.05) is 18.2 Å². The van der Waals surface area contributed by atoms with Gasteiger partial charge >= 0.3 is 0 Å². The van der Waals surface area contributed by atoms with Gasteiger partial charge in [0.05, 0.1) is 6.54 Å². The predicted octanol–water partition coefficient (Wildman–Crippen LogP) is 1.01. The number of nitrogens with one attached hydrogen (secondary N) is 1. The van der Waals surface area contributed by atoms with Crippen molar-refractivity contribution in [2.45, 2.75) is 25.8 Å². The number of rotatable bonds is 6. The molecule has 1 aromatic rings. The fourth-order valence-corrected chi connectivity index (χ4v) is 2.65. The summed E-state index contributed by atoms with van der Waals surface area (Å²) in [6, 6.07) is 10.6. The molecule has 0 bridgehead atoms. The lowest BCUT2D eigenvalue weighted by molar-refractivity contribution is -0.122. The maximum absolute atomic E-state index is 11.8. The molecule has 2 unspecified atom stereocenters. The molecule has 110 valence electrons. The molecule has 4 heteroatoms. The molecule has 20 heavy (non-hydrogen) atoms. The van der Waals surface area contributed by atoms with Gasteiger partial charge in [-0.05, 0) is 24.3 Å². The van der Waals surface area contributed by atoms with E-state index in [1.54, 1.807) is 0 Å². The molecule has 2 rings (SSSR count). The van der Waals surface area contributed by atoms with Crippen molar-refractivity contribution in [3.05, 3.63) is 35.9 Å². The standard InChI is InChI=1S/C16H25N3O/c1-13-10-19(11-15(13)17)12-16(20)18-9-5-8-14-6-3-2-4-7-14/h2-4,6-7,13,15H,5,8-12,17H2,1H3,(H,18,20). The van der Waals surface area contributed by atoms with Crippen LogP contribution < -0.4 is 11.1 Å². The van der Waals surface area contributed by atoms with Crippen LogP contribution in [-0.4, -0.2) is 43.0 Å². The van der Waals surface area contributed by atoms with E-state index >= 15 is 0 Å². The number of carbonyl (C=O) groups excluding carboxylic acids is 1. The Kier molecular flexibility index (Phi) is 5.56. The lowest BCUT2D eigenvalue weighted by atomic mass is 10.1. The summed E-state index contributed by atoms with van der Waals surface area (Å²) >= 11 is 0. The maximum Gasteiger partial charge on any atom is 0.234 e. The first-order valence-corrected chi connectivity index (χ1v) is 7.43. The maximum atomic E-state index is 11.8. The van der Waals surface area contributed by atoms with E-state index in [0.717, 1.165) is 32.5 Å². The number of carbonyl (C=O) groups is 1. The second kappa shape index (κ2) is 7.41. The van der Waals surface area contributed by atoms with Crippen LogP contribution in [0.1, 0.15) is 18.9 Å². The summed E-state index contributed by atoms with van der Waals surface area (Å²) < 4.78 is 0. The van der Waals surface area contributed by atoms with E-state index in [1.165, 1.54) is 5.56 Å². The van der Waals surface area contributed by atoms with Crippen LogP contribution in [0.3, 0.4) is 0 Å². The van der Waals surface area contributed by atoms with Gasteiger partial charge in [0, 0.05) is 25.7 Å². The minimum absolute atomic E-state index is 0.111. The van der Waals surface area contributed by atoms with Crippen molar-refractivity contribution in [1.29, 1.82) is 0 Å². The van der Waals surface area contributed by atoms with Gasteiger partial charge in [0.25, 0.3) is 0 Å². The van der Waals surface area contributed by atoms with Crippen LogP contribution in [0.5, 0.6) is 0 Å². The van der Waals surface area contributed by atoms with Crippen LogP contribution in [0.4, 0.5) is 0 Å². The Balaban J connectivity index is 1.59. The average molecular weight is 275 g/mol. The van der Waals surface area contributed by atoms with Crippen molar-refractivity contribution in [3.8, 4) is 0 Å². The minimum Gasteiger partial charge on any atom is -0.355 e. The third-order valence-electron chi connectivity index (χ3n) is 3.92. The molecule has 2 atom stereocenters. The molecular formula is C16H25N3O. The summed E-state index contributed by atoms with van der Waals surface area (Å²) in [5.74, 6) is 0.597. The van der Waals surface area contributed by atoms with E-state index in [9.17, 15) is 4.79 Å². The molecule has 0 aliphatic carbocycles. The van der Waals surface area contributed by atoms with Crippen molar-refractivity contribution in [1.82, 2.24) is 10.2 Å². The lowest BCUT2D eigenvalue weighted by Crippen LogP contribution is -2.37. The normalized spacial score (nSPS) is 22.9. The van der Waals surface area contributed by atoms with E-state index in [4.69, 9.17) is 5.73 Å². The summed E-state index contributed by atoms with van der Waals surface area (Å²) in [6.07, 6.45) is 1.98. The highest BCUT2D eigenvalue weighted by Crippen LogP contribution is 2.13. The first-order chi connectivity index (χ1) is 9.65. The van der Waals surface area contributed by atoms with Crippen molar-refractivity contribution in [2.75, 3.05) is 26.2 Å². The van der Waals surface area contributed by atoms with Crippen LogP contribution >= 0.6 is 0 Å². The van der Waals surface area contributed by atoms with Gasteiger partial charge in [-0.25, -0.2) is 0 Å². The summed E-state index contributed by atoms with van der Waals surface area (Å²) in [5.41, 5.74) is 7.28. The molecule has 0 spiro atoms. The molecule has 3 N–H and O–H groups in total. The molecule has 1 heterocycles. The Hall–Kier alpha value is -1.39. The highest BCUT2D eigenvalue weighted by Gasteiger charge is 2.27. The number of aryl methyl sites for hydroxylation is 1. The first kappa shape index (κ1) is 15.0. The van der Waals surface area contributed by atoms with E-state index in [0.29, 0.717) is 12.5 Å². The average Bonchev–Trinajstić information content (AvgIpc) is 2.74. The third-order valence-corrected chi connectivity index (χ3v) is 3.92. The molecule has 1 aromatic carbocycles. The van der Waals surface area contributed by atoms with Crippen molar-refractivity contribution >= 4 is 5.91 Å². The van der Waals surface area contributed by atoms with Crippen molar-refractivity contribution in [2.24, 2.45) is 11.7 Å². The van der Waals surface area contributed by atoms with Crippen LogP contribution in [0.2, 0.25) is 0 Å². The molecule has 1 aliphatic rings. The second-order valence-electron chi connectivity index (χ2n) is 5.77. The summed E-state index contributed by atoms with van der Waals surface area (Å²) in [4.78, 5) is 14.0. The topological polar surface area (TPSA) is 58.4 Å². The van der Waals surface area contributed by atoms with E-state index in [2.05, 4.69) is 29.3 Å². The van der Waals surface area contributed by atoms with Gasteiger partial charge in [-0.15, -0.1) is 0 Å². The molecule has 1 saturated heterocycles. The zero-order chi connectivity index (χ0) is 14.4. The summed E-state index contributed by atoms with van der Waals surface area (Å²) in [7, 11) is 0. The largest absolute Gasteiger partial charge is 0.355 e. The van der Waals surface area contributed by atoms with Crippen LogP contribution in [-0.2, 0) is 11.2 Å². The number of likely N-dealkylation sites (tertiary alicyclic amines) is 1. The number of benzene rings is 1. The van der Waals surface area contributed by atoms with Crippen molar-refractivity contribution < 1.29 is 4.79 Å². The van der Waals surface area contributed by atoms with Gasteiger partial charge in [0.15, 0.2) is 0 Å². The Morgan fingerprint density at radius 1 is 1.35 bits per heavy atom. The van der Waals surface area contributed by atoms with E-state index < -0.39 is 0 Å². The van der Waals surface area contributed by atoms with Crippen LogP contribution in [0.15, 0.2) is 30.3 Å². The van der Waals surface area contributed by atoms with Crippen LogP contribution in [0, 0.1) is 5.92 Å². The monoisotopic (exact) mass is 275 g/mol. The smallest absolute Gasteiger partial charge is 0.234 e. The molecule has 0 saturated carbocycles. The Morgan fingerprint density at radius 3 is 2.75 bits per heavy atom. The fourth-order valence-electron chi connectivity index (χ4n) is 2.65. The van der Waals surface area contributed by atoms with Gasteiger partial charge in [-0.1, -0.05) is 37.3 Å². The number of nitrogens with zero attached hydrogens (tertiary/aromatic N) is 1. The zero-order valence-electron chi connectivity index (χ0n) is 12.2. The molecule has 0 radical (unpaired) electrons. The molecule has 1 amide bonds. The van der Waals surface area contributed by atoms with Gasteiger partial charge < -0.3 is 11.1 Å². The first-order valence-electron chi connectivity index (χ1n) is 7.43.